The van der Waals surface area contributed by atoms with Crippen LogP contribution in [0.2, 0.25) is 0 Å². The van der Waals surface area contributed by atoms with Crippen LogP contribution in [0.1, 0.15) is 48.9 Å². The van der Waals surface area contributed by atoms with Crippen LogP contribution in [-0.2, 0) is 27.9 Å². The second kappa shape index (κ2) is 9.67. The molecule has 0 bridgehead atoms. The summed E-state index contributed by atoms with van der Waals surface area (Å²) in [5, 5.41) is 11.7. The quantitative estimate of drug-likeness (QED) is 0.490. The first-order valence-corrected chi connectivity index (χ1v) is 12.6. The molecule has 0 saturated heterocycles. The Morgan fingerprint density at radius 3 is 2.85 bits per heavy atom. The fourth-order valence-corrected chi connectivity index (χ4v) is 5.82. The van der Waals surface area contributed by atoms with Gasteiger partial charge in [-0.1, -0.05) is 30.5 Å². The molecule has 0 aliphatic heterocycles. The zero-order valence-corrected chi connectivity index (χ0v) is 19.3. The van der Waals surface area contributed by atoms with Gasteiger partial charge < -0.3 is 9.84 Å². The van der Waals surface area contributed by atoms with Crippen molar-refractivity contribution in [2.75, 3.05) is 10.5 Å². The molecule has 2 N–H and O–H groups in total. The number of aromatic nitrogens is 3. The molecule has 4 rings (SSSR count). The fourth-order valence-electron chi connectivity index (χ4n) is 4.35. The second-order valence-corrected chi connectivity index (χ2v) is 10.3. The normalized spacial score (nSPS) is 14.8. The Morgan fingerprint density at radius 2 is 2.09 bits per heavy atom. The summed E-state index contributed by atoms with van der Waals surface area (Å²) in [4.78, 5) is 11.2. The highest BCUT2D eigenvalue weighted by Crippen LogP contribution is 2.30. The van der Waals surface area contributed by atoms with E-state index >= 15 is 0 Å². The van der Waals surface area contributed by atoms with E-state index in [1.54, 1.807) is 10.7 Å². The smallest absolute Gasteiger partial charge is 0.295 e. The number of carbonyl (C=O) groups is 1. The van der Waals surface area contributed by atoms with Crippen molar-refractivity contribution in [3.63, 3.8) is 0 Å². The van der Waals surface area contributed by atoms with E-state index in [2.05, 4.69) is 20.3 Å². The van der Waals surface area contributed by atoms with Gasteiger partial charge in [0.25, 0.3) is 5.91 Å². The van der Waals surface area contributed by atoms with Gasteiger partial charge in [-0.15, -0.1) is 6.42 Å². The van der Waals surface area contributed by atoms with Crippen LogP contribution in [0.3, 0.4) is 0 Å². The van der Waals surface area contributed by atoms with Gasteiger partial charge in [0, 0.05) is 6.20 Å². The predicted molar refractivity (Wildman–Crippen MR) is 125 cm³/mol. The largest absolute Gasteiger partial charge is 0.354 e. The van der Waals surface area contributed by atoms with Crippen molar-refractivity contribution in [1.82, 2.24) is 20.3 Å². The monoisotopic (exact) mass is 469 g/mol. The number of aryl methyl sites for hydroxylation is 1. The number of anilines is 1. The number of hydrogen-bond acceptors (Lipinski definition) is 6. The highest BCUT2D eigenvalue weighted by molar-refractivity contribution is 7.92. The SMILES string of the molecule is C#CC(=O)NCc1ccn(Cc2cc(C)c3c(NS(=O)(=O)CC4CCCCC4)noc3c2)n1. The van der Waals surface area contributed by atoms with Crippen molar-refractivity contribution in [2.45, 2.75) is 52.1 Å². The molecule has 2 aromatic heterocycles. The number of hydrogen-bond donors (Lipinski definition) is 2. The van der Waals surface area contributed by atoms with Gasteiger partial charge >= 0.3 is 0 Å². The summed E-state index contributed by atoms with van der Waals surface area (Å²) in [7, 11) is -3.51. The van der Waals surface area contributed by atoms with Crippen molar-refractivity contribution < 1.29 is 17.7 Å². The molecular formula is C23H27N5O4S. The molecule has 1 aliphatic carbocycles. The van der Waals surface area contributed by atoms with Gasteiger partial charge in [0.05, 0.1) is 29.9 Å². The van der Waals surface area contributed by atoms with Gasteiger partial charge in [0.1, 0.15) is 0 Å². The molecule has 0 unspecified atom stereocenters. The maximum atomic E-state index is 12.7. The van der Waals surface area contributed by atoms with E-state index in [9.17, 15) is 13.2 Å². The van der Waals surface area contributed by atoms with E-state index in [0.717, 1.165) is 36.8 Å². The number of carbonyl (C=O) groups excluding carboxylic acids is 1. The predicted octanol–water partition coefficient (Wildman–Crippen LogP) is 2.95. The van der Waals surface area contributed by atoms with E-state index < -0.39 is 15.9 Å². The van der Waals surface area contributed by atoms with Crippen LogP contribution in [-0.4, -0.2) is 35.0 Å². The average Bonchev–Trinajstić information content (AvgIpc) is 3.39. The molecule has 0 atom stereocenters. The van der Waals surface area contributed by atoms with Gasteiger partial charge in [-0.25, -0.2) is 8.42 Å². The number of terminal acetylenes is 1. The topological polar surface area (TPSA) is 119 Å². The standard InChI is InChI=1S/C23H27N5O4S/c1-3-21(29)24-13-19-9-10-28(25-19)14-18-11-16(2)22-20(12-18)32-26-23(22)27-33(30,31)15-17-7-5-4-6-8-17/h1,9-12,17H,4-8,13-15H2,2H3,(H,24,29)(H,26,27). The summed E-state index contributed by atoms with van der Waals surface area (Å²) >= 11 is 0. The van der Waals surface area contributed by atoms with Crippen LogP contribution >= 0.6 is 0 Å². The Labute approximate surface area is 193 Å². The molecule has 2 heterocycles. The number of nitrogens with one attached hydrogen (secondary N) is 2. The lowest BCUT2D eigenvalue weighted by Gasteiger charge is -2.21. The lowest BCUT2D eigenvalue weighted by molar-refractivity contribution is -0.115. The third-order valence-corrected chi connectivity index (χ3v) is 7.28. The van der Waals surface area contributed by atoms with Gasteiger partial charge in [-0.3, -0.25) is 14.2 Å². The Hall–Kier alpha value is -3.32. The van der Waals surface area contributed by atoms with Crippen LogP contribution in [0.4, 0.5) is 5.82 Å². The van der Waals surface area contributed by atoms with Crippen molar-refractivity contribution in [1.29, 1.82) is 0 Å². The van der Waals surface area contributed by atoms with Crippen LogP contribution in [0.25, 0.3) is 11.0 Å². The Morgan fingerprint density at radius 1 is 1.30 bits per heavy atom. The molecule has 0 radical (unpaired) electrons. The first-order valence-electron chi connectivity index (χ1n) is 11.0. The molecule has 1 saturated carbocycles. The number of nitrogens with zero attached hydrogens (tertiary/aromatic N) is 3. The van der Waals surface area contributed by atoms with Gasteiger partial charge in [0.15, 0.2) is 11.4 Å². The third kappa shape index (κ3) is 5.73. The van der Waals surface area contributed by atoms with Gasteiger partial charge in [-0.05, 0) is 54.9 Å². The molecule has 1 aliphatic rings. The number of sulfonamides is 1. The first kappa shape index (κ1) is 22.9. The number of fused-ring (bicyclic) bond motifs is 1. The van der Waals surface area contributed by atoms with Crippen LogP contribution < -0.4 is 10.0 Å². The van der Waals surface area contributed by atoms with Gasteiger partial charge in [0.2, 0.25) is 10.0 Å². The Bertz CT molecular complexity index is 1300. The maximum Gasteiger partial charge on any atom is 0.295 e. The summed E-state index contributed by atoms with van der Waals surface area (Å²) < 4.78 is 35.2. The van der Waals surface area contributed by atoms with E-state index in [1.165, 1.54) is 6.42 Å². The molecule has 3 aromatic rings. The summed E-state index contributed by atoms with van der Waals surface area (Å²) in [5.41, 5.74) is 2.97. The molecular weight excluding hydrogens is 442 g/mol. The molecule has 174 valence electrons. The fraction of sp³-hybridized carbons (Fsp3) is 0.435. The lowest BCUT2D eigenvalue weighted by Crippen LogP contribution is -2.24. The minimum atomic E-state index is -3.51. The highest BCUT2D eigenvalue weighted by atomic mass is 32.2. The Balaban J connectivity index is 1.46. The molecule has 10 heteroatoms. The molecule has 9 nitrogen and oxygen atoms in total. The van der Waals surface area contributed by atoms with Crippen LogP contribution in [0, 0.1) is 25.2 Å². The molecule has 1 fully saturated rings. The molecule has 33 heavy (non-hydrogen) atoms. The van der Waals surface area contributed by atoms with Gasteiger partial charge in [-0.2, -0.15) is 5.10 Å². The van der Waals surface area contributed by atoms with Crippen molar-refractivity contribution in [2.24, 2.45) is 5.92 Å². The molecule has 1 aromatic carbocycles. The summed E-state index contributed by atoms with van der Waals surface area (Å²) in [6.07, 6.45) is 12.1. The van der Waals surface area contributed by atoms with Crippen molar-refractivity contribution in [3.8, 4) is 12.3 Å². The number of amides is 1. The first-order chi connectivity index (χ1) is 15.8. The van der Waals surface area contributed by atoms with E-state index in [4.69, 9.17) is 10.9 Å². The van der Waals surface area contributed by atoms with Crippen LogP contribution in [0.15, 0.2) is 28.9 Å². The van der Waals surface area contributed by atoms with Crippen LogP contribution in [0.5, 0.6) is 0 Å². The maximum absolute atomic E-state index is 12.7. The average molecular weight is 470 g/mol. The lowest BCUT2D eigenvalue weighted by atomic mass is 9.91. The zero-order chi connectivity index (χ0) is 23.4. The van der Waals surface area contributed by atoms with Crippen molar-refractivity contribution >= 4 is 32.7 Å². The molecule has 0 spiro atoms. The van der Waals surface area contributed by atoms with E-state index in [-0.39, 0.29) is 24.0 Å². The van der Waals surface area contributed by atoms with E-state index in [1.807, 2.05) is 31.2 Å². The second-order valence-electron chi connectivity index (χ2n) is 8.54. The number of rotatable bonds is 8. The van der Waals surface area contributed by atoms with E-state index in [0.29, 0.717) is 23.2 Å². The Kier molecular flexibility index (Phi) is 6.70. The minimum Gasteiger partial charge on any atom is -0.354 e. The number of benzene rings is 1. The van der Waals surface area contributed by atoms with Crippen molar-refractivity contribution in [3.05, 3.63) is 41.2 Å². The molecule has 1 amide bonds. The summed E-state index contributed by atoms with van der Waals surface area (Å²) in [6.45, 7) is 2.62. The third-order valence-electron chi connectivity index (χ3n) is 5.86. The zero-order valence-electron chi connectivity index (χ0n) is 18.5. The summed E-state index contributed by atoms with van der Waals surface area (Å²) in [6, 6.07) is 5.59. The summed E-state index contributed by atoms with van der Waals surface area (Å²) in [5.74, 6) is 2.05. The minimum absolute atomic E-state index is 0.113. The highest BCUT2D eigenvalue weighted by Gasteiger charge is 2.24.